The highest BCUT2D eigenvalue weighted by molar-refractivity contribution is 7.98. The molecule has 0 aliphatic heterocycles. The Bertz CT molecular complexity index is 380. The fraction of sp³-hybridized carbons (Fsp3) is 0.455. The van der Waals surface area contributed by atoms with E-state index in [0.29, 0.717) is 18.4 Å². The molecule has 0 bridgehead atoms. The lowest BCUT2D eigenvalue weighted by molar-refractivity contribution is 0.324. The molecule has 0 N–H and O–H groups in total. The molecule has 4 nitrogen and oxygen atoms in total. The van der Waals surface area contributed by atoms with Crippen molar-refractivity contribution in [3.8, 4) is 5.88 Å². The van der Waals surface area contributed by atoms with Gasteiger partial charge in [-0.1, -0.05) is 0 Å². The zero-order chi connectivity index (χ0) is 12.0. The number of pyridine rings is 1. The molecule has 88 valence electrons. The molecule has 1 aromatic rings. The van der Waals surface area contributed by atoms with Crippen molar-refractivity contribution in [3.63, 3.8) is 0 Å². The van der Waals surface area contributed by atoms with E-state index in [1.807, 2.05) is 26.2 Å². The second-order valence-corrected chi connectivity index (χ2v) is 3.74. The summed E-state index contributed by atoms with van der Waals surface area (Å²) in [6.45, 7) is 4.38. The largest absolute Gasteiger partial charge is 0.481 e. The maximum atomic E-state index is 5.28. The number of hydrogen-bond acceptors (Lipinski definition) is 5. The number of ether oxygens (including phenoxy) is 2. The van der Waals surface area contributed by atoms with Crippen LogP contribution >= 0.6 is 11.8 Å². The van der Waals surface area contributed by atoms with E-state index in [2.05, 4.69) is 9.98 Å². The quantitative estimate of drug-likeness (QED) is 0.461. The van der Waals surface area contributed by atoms with Crippen LogP contribution in [0.4, 0.5) is 5.69 Å². The summed E-state index contributed by atoms with van der Waals surface area (Å²) in [5.41, 5.74) is 0.805. The topological polar surface area (TPSA) is 43.7 Å². The molecule has 1 aromatic heterocycles. The molecule has 0 saturated carbocycles. The number of hydrogen-bond donors (Lipinski definition) is 0. The fourth-order valence-electron chi connectivity index (χ4n) is 1.18. The van der Waals surface area contributed by atoms with Gasteiger partial charge in [-0.05, 0) is 19.2 Å². The highest BCUT2D eigenvalue weighted by Gasteiger charge is 2.05. The number of aliphatic imine (C=N–C) groups is 1. The van der Waals surface area contributed by atoms with Gasteiger partial charge < -0.3 is 9.47 Å². The second kappa shape index (κ2) is 6.37. The molecule has 0 aliphatic rings. The van der Waals surface area contributed by atoms with Gasteiger partial charge in [-0.15, -0.1) is 11.8 Å². The number of aromatic nitrogens is 1. The third-order valence-corrected chi connectivity index (χ3v) is 2.54. The maximum absolute atomic E-state index is 5.28. The fourth-order valence-corrected chi connectivity index (χ4v) is 1.68. The molecule has 1 heterocycles. The summed E-state index contributed by atoms with van der Waals surface area (Å²) in [4.78, 5) is 8.65. The molecule has 0 radical (unpaired) electrons. The highest BCUT2D eigenvalue weighted by atomic mass is 32.2. The van der Waals surface area contributed by atoms with Gasteiger partial charge in [0.2, 0.25) is 5.88 Å². The predicted octanol–water partition coefficient (Wildman–Crippen LogP) is 2.90. The second-order valence-electron chi connectivity index (χ2n) is 2.95. The molecule has 0 atom stereocenters. The Morgan fingerprint density at radius 1 is 1.50 bits per heavy atom. The van der Waals surface area contributed by atoms with Crippen LogP contribution in [0.15, 0.2) is 22.2 Å². The average molecular weight is 240 g/mol. The van der Waals surface area contributed by atoms with Gasteiger partial charge in [-0.2, -0.15) is 0 Å². The van der Waals surface area contributed by atoms with E-state index >= 15 is 0 Å². The summed E-state index contributed by atoms with van der Waals surface area (Å²) < 4.78 is 10.3. The Balaban J connectivity index is 2.99. The van der Waals surface area contributed by atoms with Gasteiger partial charge in [-0.3, -0.25) is 0 Å². The van der Waals surface area contributed by atoms with Crippen LogP contribution in [0.5, 0.6) is 5.88 Å². The van der Waals surface area contributed by atoms with Gasteiger partial charge in [0.25, 0.3) is 0 Å². The van der Waals surface area contributed by atoms with Gasteiger partial charge >= 0.3 is 0 Å². The Labute approximate surface area is 100 Å². The number of methoxy groups -OCH3 is 1. The first-order chi connectivity index (χ1) is 7.71. The van der Waals surface area contributed by atoms with E-state index in [1.54, 1.807) is 13.2 Å². The third kappa shape index (κ3) is 3.41. The van der Waals surface area contributed by atoms with Gasteiger partial charge in [0.05, 0.1) is 19.4 Å². The first-order valence-corrected chi connectivity index (χ1v) is 6.20. The lowest BCUT2D eigenvalue weighted by atomic mass is 10.4. The molecule has 1 rings (SSSR count). The summed E-state index contributed by atoms with van der Waals surface area (Å²) >= 11 is 1.53. The van der Waals surface area contributed by atoms with E-state index < -0.39 is 0 Å². The zero-order valence-electron chi connectivity index (χ0n) is 9.98. The van der Waals surface area contributed by atoms with Crippen LogP contribution in [-0.4, -0.2) is 30.9 Å². The van der Waals surface area contributed by atoms with E-state index in [4.69, 9.17) is 9.47 Å². The Hall–Kier alpha value is -1.23. The molecule has 0 saturated heterocycles. The van der Waals surface area contributed by atoms with Crippen molar-refractivity contribution >= 4 is 23.3 Å². The summed E-state index contributed by atoms with van der Waals surface area (Å²) in [7, 11) is 1.60. The Morgan fingerprint density at radius 2 is 2.25 bits per heavy atom. The van der Waals surface area contributed by atoms with Gasteiger partial charge in [0.1, 0.15) is 5.03 Å². The van der Waals surface area contributed by atoms with Crippen molar-refractivity contribution in [1.82, 2.24) is 4.98 Å². The van der Waals surface area contributed by atoms with Crippen LogP contribution < -0.4 is 4.74 Å². The first-order valence-electron chi connectivity index (χ1n) is 4.98. The molecular weight excluding hydrogens is 224 g/mol. The molecule has 5 heteroatoms. The standard InChI is InChI=1S/C11H16N2O2S/c1-5-15-8(2)12-9-6-7-10(14-3)13-11(9)16-4/h6-7H,5H2,1-4H3/b12-8+. The van der Waals surface area contributed by atoms with E-state index in [0.717, 1.165) is 10.7 Å². The minimum atomic E-state index is 0.595. The van der Waals surface area contributed by atoms with Crippen LogP contribution in [-0.2, 0) is 4.74 Å². The van der Waals surface area contributed by atoms with Gasteiger partial charge in [0, 0.05) is 13.0 Å². The molecular formula is C11H16N2O2S. The normalized spacial score (nSPS) is 11.4. The molecule has 0 aliphatic carbocycles. The number of thioether (sulfide) groups is 1. The molecule has 0 unspecified atom stereocenters. The van der Waals surface area contributed by atoms with Gasteiger partial charge in [-0.25, -0.2) is 9.98 Å². The van der Waals surface area contributed by atoms with Crippen molar-refractivity contribution in [2.24, 2.45) is 4.99 Å². The van der Waals surface area contributed by atoms with E-state index in [1.165, 1.54) is 11.8 Å². The molecule has 16 heavy (non-hydrogen) atoms. The van der Waals surface area contributed by atoms with Crippen molar-refractivity contribution in [2.45, 2.75) is 18.9 Å². The van der Waals surface area contributed by atoms with Crippen molar-refractivity contribution < 1.29 is 9.47 Å². The minimum Gasteiger partial charge on any atom is -0.481 e. The van der Waals surface area contributed by atoms with E-state index in [9.17, 15) is 0 Å². The summed E-state index contributed by atoms with van der Waals surface area (Å²) in [5.74, 6) is 1.24. The van der Waals surface area contributed by atoms with Crippen molar-refractivity contribution in [1.29, 1.82) is 0 Å². The van der Waals surface area contributed by atoms with Crippen molar-refractivity contribution in [3.05, 3.63) is 12.1 Å². The zero-order valence-corrected chi connectivity index (χ0v) is 10.8. The van der Waals surface area contributed by atoms with Crippen molar-refractivity contribution in [2.75, 3.05) is 20.0 Å². The third-order valence-electron chi connectivity index (χ3n) is 1.85. The molecule has 0 fully saturated rings. The van der Waals surface area contributed by atoms with Crippen LogP contribution in [0.25, 0.3) is 0 Å². The SMILES string of the molecule is CCO/C(C)=N/c1ccc(OC)nc1SC. The lowest BCUT2D eigenvalue weighted by Gasteiger charge is -2.06. The minimum absolute atomic E-state index is 0.595. The van der Waals surface area contributed by atoms with E-state index in [-0.39, 0.29) is 0 Å². The average Bonchev–Trinajstić information content (AvgIpc) is 2.30. The number of rotatable bonds is 4. The van der Waals surface area contributed by atoms with Crippen LogP contribution in [0.1, 0.15) is 13.8 Å². The maximum Gasteiger partial charge on any atom is 0.214 e. The summed E-state index contributed by atoms with van der Waals surface area (Å²) in [6.07, 6.45) is 1.96. The lowest BCUT2D eigenvalue weighted by Crippen LogP contribution is -1.98. The Kier molecular flexibility index (Phi) is 5.11. The monoisotopic (exact) mass is 240 g/mol. The molecule has 0 aromatic carbocycles. The van der Waals surface area contributed by atoms with Crippen LogP contribution in [0, 0.1) is 0 Å². The Morgan fingerprint density at radius 3 is 2.81 bits per heavy atom. The highest BCUT2D eigenvalue weighted by Crippen LogP contribution is 2.28. The molecule has 0 amide bonds. The summed E-state index contributed by atoms with van der Waals surface area (Å²) in [6, 6.07) is 3.66. The van der Waals surface area contributed by atoms with Gasteiger partial charge in [0.15, 0.2) is 5.90 Å². The summed E-state index contributed by atoms with van der Waals surface area (Å²) in [5, 5.41) is 0.832. The predicted molar refractivity (Wildman–Crippen MR) is 67.0 cm³/mol. The number of nitrogens with zero attached hydrogens (tertiary/aromatic N) is 2. The first kappa shape index (κ1) is 12.8. The molecule has 0 spiro atoms. The van der Waals surface area contributed by atoms with Crippen LogP contribution in [0.2, 0.25) is 0 Å². The smallest absolute Gasteiger partial charge is 0.214 e. The van der Waals surface area contributed by atoms with Crippen LogP contribution in [0.3, 0.4) is 0 Å².